The third-order valence-corrected chi connectivity index (χ3v) is 4.09. The number of hydrogen-bond acceptors (Lipinski definition) is 5. The van der Waals surface area contributed by atoms with Crippen molar-refractivity contribution in [2.45, 2.75) is 34.6 Å². The van der Waals surface area contributed by atoms with Gasteiger partial charge in [0.25, 0.3) is 5.95 Å². The van der Waals surface area contributed by atoms with Crippen molar-refractivity contribution in [2.24, 2.45) is 0 Å². The van der Waals surface area contributed by atoms with E-state index < -0.39 is 9.05 Å². The van der Waals surface area contributed by atoms with Crippen LogP contribution < -0.4 is 0 Å². The lowest BCUT2D eigenvalue weighted by Gasteiger charge is -2.27. The molecule has 0 spiro atoms. The Morgan fingerprint density at radius 1 is 0.882 bits per heavy atom. The van der Waals surface area contributed by atoms with Crippen LogP contribution in [0.4, 0.5) is 0 Å². The van der Waals surface area contributed by atoms with Gasteiger partial charge in [0, 0.05) is 19.8 Å². The summed E-state index contributed by atoms with van der Waals surface area (Å²) in [7, 11) is -3.11. The van der Waals surface area contributed by atoms with Crippen LogP contribution in [-0.4, -0.2) is 35.5 Å². The summed E-state index contributed by atoms with van der Waals surface area (Å²) < 4.78 is 27.6. The summed E-state index contributed by atoms with van der Waals surface area (Å²) in [5.74, 6) is 0.384. The average Bonchev–Trinajstić information content (AvgIpc) is 2.29. The lowest BCUT2D eigenvalue weighted by atomic mass is 10.7. The van der Waals surface area contributed by atoms with Crippen molar-refractivity contribution in [3.63, 3.8) is 0 Å². The monoisotopic (exact) mass is 264 g/mol. The molecule has 0 fully saturated rings. The summed E-state index contributed by atoms with van der Waals surface area (Å²) in [6, 6.07) is 0. The van der Waals surface area contributed by atoms with Gasteiger partial charge in [-0.3, -0.25) is 0 Å². The molecule has 6 heteroatoms. The van der Waals surface area contributed by atoms with Gasteiger partial charge < -0.3 is 22.4 Å². The zero-order chi connectivity index (χ0) is 13.1. The molecule has 0 rings (SSSR count). The lowest BCUT2D eigenvalue weighted by Crippen LogP contribution is -2.49. The summed E-state index contributed by atoms with van der Waals surface area (Å²) in [6.45, 7) is 11.3. The van der Waals surface area contributed by atoms with Crippen molar-refractivity contribution in [1.82, 2.24) is 0 Å². The predicted molar refractivity (Wildman–Crippen MR) is 67.1 cm³/mol. The first-order valence-electron chi connectivity index (χ1n) is 6.07. The molecule has 0 aliphatic rings. The largest absolute Gasteiger partial charge is 0.751 e. The van der Waals surface area contributed by atoms with E-state index in [0.29, 0.717) is 32.4 Å². The second-order valence-corrected chi connectivity index (χ2v) is 5.01. The maximum Gasteiger partial charge on any atom is 0.751 e. The highest BCUT2D eigenvalue weighted by atomic mass is 28.4. The van der Waals surface area contributed by atoms with Crippen LogP contribution in [0.25, 0.3) is 0 Å². The third-order valence-electron chi connectivity index (χ3n) is 1.71. The fraction of sp³-hybridized carbons (Fsp3) is 0.818. The van der Waals surface area contributed by atoms with Crippen molar-refractivity contribution in [3.05, 3.63) is 12.0 Å². The van der Waals surface area contributed by atoms with Crippen molar-refractivity contribution in [1.29, 1.82) is 0 Å². The fourth-order valence-corrected chi connectivity index (χ4v) is 3.09. The van der Waals surface area contributed by atoms with Crippen LogP contribution in [0, 0.1) is 0 Å². The molecule has 0 atom stereocenters. The van der Waals surface area contributed by atoms with Gasteiger partial charge >= 0.3 is 9.05 Å². The molecule has 0 bridgehead atoms. The molecule has 0 amide bonds. The Morgan fingerprint density at radius 2 is 1.35 bits per heavy atom. The minimum absolute atomic E-state index is 0.384. The van der Waals surface area contributed by atoms with Crippen LogP contribution in [0.2, 0.25) is 0 Å². The first kappa shape index (κ1) is 16.4. The van der Waals surface area contributed by atoms with Gasteiger partial charge in [0.05, 0.1) is 6.61 Å². The van der Waals surface area contributed by atoms with Gasteiger partial charge in [-0.1, -0.05) is 0 Å². The zero-order valence-electron chi connectivity index (χ0n) is 11.4. The Bertz CT molecular complexity index is 203. The maximum absolute atomic E-state index is 5.66. The van der Waals surface area contributed by atoms with Crippen molar-refractivity contribution >= 4 is 9.05 Å². The molecule has 0 saturated carbocycles. The Labute approximate surface area is 105 Å². The molecule has 0 aromatic carbocycles. The quantitative estimate of drug-likeness (QED) is 0.448. The van der Waals surface area contributed by atoms with Crippen molar-refractivity contribution in [3.8, 4) is 0 Å². The first-order chi connectivity index (χ1) is 8.17. The minimum atomic E-state index is -3.11. The summed E-state index contributed by atoms with van der Waals surface area (Å²) >= 11 is 0. The Hall–Kier alpha value is -0.563. The highest BCUT2D eigenvalue weighted by Gasteiger charge is 2.48. The molecular weight excluding hydrogens is 240 g/mol. The molecule has 5 nitrogen and oxygen atoms in total. The van der Waals surface area contributed by atoms with Crippen LogP contribution in [0.3, 0.4) is 0 Å². The van der Waals surface area contributed by atoms with Crippen molar-refractivity contribution < 1.29 is 22.4 Å². The summed E-state index contributed by atoms with van der Waals surface area (Å²) in [5, 5.41) is 0. The van der Waals surface area contributed by atoms with Crippen LogP contribution in [0.15, 0.2) is 12.0 Å². The highest BCUT2D eigenvalue weighted by molar-refractivity contribution is 6.53. The van der Waals surface area contributed by atoms with E-state index in [-0.39, 0.29) is 0 Å². The van der Waals surface area contributed by atoms with Gasteiger partial charge in [-0.05, 0) is 40.7 Å². The highest BCUT2D eigenvalue weighted by Crippen LogP contribution is 2.17. The van der Waals surface area contributed by atoms with Crippen LogP contribution in [-0.2, 0) is 22.4 Å². The molecule has 0 N–H and O–H groups in total. The molecule has 0 aliphatic heterocycles. The van der Waals surface area contributed by atoms with E-state index in [1.54, 1.807) is 6.08 Å². The van der Waals surface area contributed by atoms with Gasteiger partial charge in [0.1, 0.15) is 0 Å². The number of ether oxygens (including phenoxy) is 1. The van der Waals surface area contributed by atoms with Crippen LogP contribution in [0.1, 0.15) is 34.6 Å². The number of hydrogen-bond donors (Lipinski definition) is 0. The standard InChI is InChI=1S/C11H24O5Si/c1-6-11(12-7-2)16-17(13-8-3,14-9-4)15-10-5/h6H,7-10H2,1-5H3. The molecule has 0 heterocycles. The molecule has 0 unspecified atom stereocenters. The number of allylic oxidation sites excluding steroid dienone is 1. The van der Waals surface area contributed by atoms with E-state index in [4.69, 9.17) is 22.4 Å². The molecule has 102 valence electrons. The molecule has 0 aromatic heterocycles. The van der Waals surface area contributed by atoms with E-state index in [1.165, 1.54) is 0 Å². The summed E-state index contributed by atoms with van der Waals surface area (Å²) in [4.78, 5) is 0. The maximum atomic E-state index is 5.66. The van der Waals surface area contributed by atoms with Gasteiger partial charge in [0.15, 0.2) is 0 Å². The van der Waals surface area contributed by atoms with Gasteiger partial charge in [-0.2, -0.15) is 0 Å². The molecule has 0 saturated heterocycles. The molecule has 0 aromatic rings. The van der Waals surface area contributed by atoms with Gasteiger partial charge in [-0.15, -0.1) is 0 Å². The van der Waals surface area contributed by atoms with Crippen molar-refractivity contribution in [2.75, 3.05) is 26.4 Å². The Morgan fingerprint density at radius 3 is 1.65 bits per heavy atom. The molecular formula is C11H24O5Si. The molecule has 0 radical (unpaired) electrons. The van der Waals surface area contributed by atoms with Gasteiger partial charge in [-0.25, -0.2) is 0 Å². The lowest BCUT2D eigenvalue weighted by molar-refractivity contribution is -0.0421. The SMILES string of the molecule is CC=C(OCC)O[Si](OCC)(OCC)OCC. The molecule has 17 heavy (non-hydrogen) atoms. The van der Waals surface area contributed by atoms with E-state index in [0.717, 1.165) is 0 Å². The number of rotatable bonds is 10. The second-order valence-electron chi connectivity index (χ2n) is 2.94. The average molecular weight is 264 g/mol. The van der Waals surface area contributed by atoms with E-state index in [2.05, 4.69) is 0 Å². The normalized spacial score (nSPS) is 12.6. The third kappa shape index (κ3) is 6.07. The Balaban J connectivity index is 4.73. The molecule has 0 aliphatic carbocycles. The van der Waals surface area contributed by atoms with E-state index in [1.807, 2.05) is 34.6 Å². The predicted octanol–water partition coefficient (Wildman–Crippen LogP) is 2.45. The van der Waals surface area contributed by atoms with Crippen LogP contribution >= 0.6 is 0 Å². The summed E-state index contributed by atoms with van der Waals surface area (Å²) in [6.07, 6.45) is 1.72. The Kier molecular flexibility index (Phi) is 9.15. The van der Waals surface area contributed by atoms with E-state index in [9.17, 15) is 0 Å². The second kappa shape index (κ2) is 9.47. The van der Waals surface area contributed by atoms with E-state index >= 15 is 0 Å². The zero-order valence-corrected chi connectivity index (χ0v) is 12.4. The summed E-state index contributed by atoms with van der Waals surface area (Å²) in [5.41, 5.74) is 0. The first-order valence-corrected chi connectivity index (χ1v) is 7.71. The van der Waals surface area contributed by atoms with Crippen LogP contribution in [0.5, 0.6) is 0 Å². The smallest absolute Gasteiger partial charge is 0.467 e. The van der Waals surface area contributed by atoms with Gasteiger partial charge in [0.2, 0.25) is 0 Å². The minimum Gasteiger partial charge on any atom is -0.467 e. The fourth-order valence-electron chi connectivity index (χ4n) is 1.18. The topological polar surface area (TPSA) is 46.2 Å².